The van der Waals surface area contributed by atoms with Crippen LogP contribution in [-0.4, -0.2) is 36.6 Å². The first-order valence-electron chi connectivity index (χ1n) is 6.23. The van der Waals surface area contributed by atoms with Gasteiger partial charge in [-0.05, 0) is 31.7 Å². The van der Waals surface area contributed by atoms with E-state index in [1.165, 1.54) is 45.3 Å². The molecule has 2 nitrogen and oxygen atoms in total. The Kier molecular flexibility index (Phi) is 3.45. The van der Waals surface area contributed by atoms with Crippen LogP contribution in [0, 0.1) is 5.92 Å². The van der Waals surface area contributed by atoms with Crippen LogP contribution >= 0.6 is 0 Å². The number of nitrogens with zero attached hydrogens (tertiary/aromatic N) is 1. The van der Waals surface area contributed by atoms with E-state index < -0.39 is 0 Å². The molecule has 2 atom stereocenters. The van der Waals surface area contributed by atoms with E-state index >= 15 is 0 Å². The van der Waals surface area contributed by atoms with Gasteiger partial charge in [-0.15, -0.1) is 0 Å². The first-order chi connectivity index (χ1) is 6.75. The van der Waals surface area contributed by atoms with Gasteiger partial charge in [-0.25, -0.2) is 0 Å². The molecule has 2 heterocycles. The third-order valence-corrected chi connectivity index (χ3v) is 3.60. The van der Waals surface area contributed by atoms with Crippen LogP contribution in [0.3, 0.4) is 0 Å². The van der Waals surface area contributed by atoms with Gasteiger partial charge >= 0.3 is 0 Å². The van der Waals surface area contributed by atoms with Crippen LogP contribution < -0.4 is 5.32 Å². The average Bonchev–Trinajstić information content (AvgIpc) is 2.17. The highest BCUT2D eigenvalue weighted by Crippen LogP contribution is 2.21. The summed E-state index contributed by atoms with van der Waals surface area (Å²) in [6, 6.07) is 1.61. The summed E-state index contributed by atoms with van der Waals surface area (Å²) in [5, 5.41) is 3.71. The maximum Gasteiger partial charge on any atom is 0.0221 e. The predicted octanol–water partition coefficient (Wildman–Crippen LogP) is 1.86. The summed E-state index contributed by atoms with van der Waals surface area (Å²) in [4.78, 5) is 2.72. The van der Waals surface area contributed by atoms with E-state index in [1.807, 2.05) is 0 Å². The minimum absolute atomic E-state index is 0.754. The molecule has 0 spiro atoms. The van der Waals surface area contributed by atoms with Crippen molar-refractivity contribution < 1.29 is 0 Å². The summed E-state index contributed by atoms with van der Waals surface area (Å²) < 4.78 is 0. The lowest BCUT2D eigenvalue weighted by molar-refractivity contribution is 0.0892. The lowest BCUT2D eigenvalue weighted by Crippen LogP contribution is -2.58. The zero-order chi connectivity index (χ0) is 9.97. The second kappa shape index (κ2) is 4.63. The molecule has 0 amide bonds. The maximum absolute atomic E-state index is 3.71. The van der Waals surface area contributed by atoms with Crippen LogP contribution in [0.2, 0.25) is 0 Å². The van der Waals surface area contributed by atoms with Crippen LogP contribution in [0.5, 0.6) is 0 Å². The Hall–Kier alpha value is -0.0800. The summed E-state index contributed by atoms with van der Waals surface area (Å²) in [6.07, 6.45) is 5.62. The molecule has 2 rings (SSSR count). The molecule has 2 fully saturated rings. The van der Waals surface area contributed by atoms with E-state index in [2.05, 4.69) is 24.1 Å². The molecule has 0 aromatic rings. The number of nitrogens with one attached hydrogen (secondary N) is 1. The summed E-state index contributed by atoms with van der Waals surface area (Å²) >= 11 is 0. The second-order valence-corrected chi connectivity index (χ2v) is 5.38. The van der Waals surface area contributed by atoms with Crippen molar-refractivity contribution in [1.82, 2.24) is 10.2 Å². The van der Waals surface area contributed by atoms with Crippen molar-refractivity contribution in [2.24, 2.45) is 5.92 Å². The van der Waals surface area contributed by atoms with Crippen molar-refractivity contribution in [2.45, 2.75) is 51.6 Å². The highest BCUT2D eigenvalue weighted by molar-refractivity contribution is 4.88. The largest absolute Gasteiger partial charge is 0.311 e. The molecule has 0 aromatic heterocycles. The fraction of sp³-hybridized carbons (Fsp3) is 1.00. The fourth-order valence-electron chi connectivity index (χ4n) is 2.91. The predicted molar refractivity (Wildman–Crippen MR) is 60.5 cm³/mol. The van der Waals surface area contributed by atoms with Crippen LogP contribution in [0.4, 0.5) is 0 Å². The lowest BCUT2D eigenvalue weighted by atomic mass is 9.95. The van der Waals surface area contributed by atoms with E-state index in [4.69, 9.17) is 0 Å². The molecule has 1 N–H and O–H groups in total. The molecule has 0 saturated carbocycles. The summed E-state index contributed by atoms with van der Waals surface area (Å²) in [5.41, 5.74) is 0. The summed E-state index contributed by atoms with van der Waals surface area (Å²) in [5.74, 6) is 0.828. The Balaban J connectivity index is 1.83. The molecular formula is C12H24N2. The van der Waals surface area contributed by atoms with Crippen molar-refractivity contribution in [3.63, 3.8) is 0 Å². The first kappa shape index (κ1) is 10.4. The molecule has 82 valence electrons. The lowest BCUT2D eigenvalue weighted by Gasteiger charge is -2.43. The quantitative estimate of drug-likeness (QED) is 0.725. The number of piperazine rings is 1. The van der Waals surface area contributed by atoms with Gasteiger partial charge in [-0.2, -0.15) is 0 Å². The monoisotopic (exact) mass is 196 g/mol. The molecule has 0 radical (unpaired) electrons. The highest BCUT2D eigenvalue weighted by atomic mass is 15.2. The van der Waals surface area contributed by atoms with Crippen molar-refractivity contribution >= 4 is 0 Å². The molecule has 0 aromatic carbocycles. The zero-order valence-electron chi connectivity index (χ0n) is 9.63. The van der Waals surface area contributed by atoms with Gasteiger partial charge in [0.05, 0.1) is 0 Å². The Morgan fingerprint density at radius 2 is 2.21 bits per heavy atom. The third kappa shape index (κ3) is 2.48. The smallest absolute Gasteiger partial charge is 0.0221 e. The Morgan fingerprint density at radius 3 is 3.00 bits per heavy atom. The normalized spacial score (nSPS) is 34.5. The summed E-state index contributed by atoms with van der Waals surface area (Å²) in [7, 11) is 0. The standard InChI is InChI=1S/C12H24N2/c1-10(2)7-11-9-14-6-4-3-5-12(14)8-13-11/h10-13H,3-9H2,1-2H3. The maximum atomic E-state index is 3.71. The summed E-state index contributed by atoms with van der Waals surface area (Å²) in [6.45, 7) is 8.52. The van der Waals surface area contributed by atoms with Gasteiger partial charge < -0.3 is 5.32 Å². The van der Waals surface area contributed by atoms with Crippen LogP contribution in [-0.2, 0) is 0 Å². The molecular weight excluding hydrogens is 172 g/mol. The first-order valence-corrected chi connectivity index (χ1v) is 6.23. The molecule has 2 aliphatic rings. The number of piperidine rings is 1. The minimum Gasteiger partial charge on any atom is -0.311 e. The molecule has 14 heavy (non-hydrogen) atoms. The van der Waals surface area contributed by atoms with Crippen LogP contribution in [0.1, 0.15) is 39.5 Å². The average molecular weight is 196 g/mol. The van der Waals surface area contributed by atoms with Gasteiger partial charge in [0.1, 0.15) is 0 Å². The minimum atomic E-state index is 0.754. The highest BCUT2D eigenvalue weighted by Gasteiger charge is 2.29. The molecule has 2 unspecified atom stereocenters. The number of fused-ring (bicyclic) bond motifs is 1. The molecule has 2 heteroatoms. The van der Waals surface area contributed by atoms with Gasteiger partial charge in [-0.1, -0.05) is 20.3 Å². The molecule has 0 bridgehead atoms. The van der Waals surface area contributed by atoms with E-state index in [1.54, 1.807) is 0 Å². The van der Waals surface area contributed by atoms with Crippen LogP contribution in [0.25, 0.3) is 0 Å². The van der Waals surface area contributed by atoms with Crippen molar-refractivity contribution in [3.8, 4) is 0 Å². The third-order valence-electron chi connectivity index (χ3n) is 3.60. The van der Waals surface area contributed by atoms with Gasteiger partial charge in [0.2, 0.25) is 0 Å². The van der Waals surface area contributed by atoms with Crippen LogP contribution in [0.15, 0.2) is 0 Å². The molecule has 2 aliphatic heterocycles. The van der Waals surface area contributed by atoms with Gasteiger partial charge in [0, 0.05) is 25.2 Å². The van der Waals surface area contributed by atoms with Gasteiger partial charge in [-0.3, -0.25) is 4.90 Å². The number of hydrogen-bond acceptors (Lipinski definition) is 2. The van der Waals surface area contributed by atoms with Gasteiger partial charge in [0.25, 0.3) is 0 Å². The zero-order valence-corrected chi connectivity index (χ0v) is 9.63. The van der Waals surface area contributed by atoms with E-state index in [-0.39, 0.29) is 0 Å². The number of rotatable bonds is 2. The topological polar surface area (TPSA) is 15.3 Å². The van der Waals surface area contributed by atoms with Crippen molar-refractivity contribution in [3.05, 3.63) is 0 Å². The molecule has 0 aliphatic carbocycles. The Labute approximate surface area is 88.1 Å². The van der Waals surface area contributed by atoms with Crippen molar-refractivity contribution in [1.29, 1.82) is 0 Å². The SMILES string of the molecule is CC(C)CC1CN2CCCCC2CN1. The van der Waals surface area contributed by atoms with E-state index in [0.717, 1.165) is 18.0 Å². The Morgan fingerprint density at radius 1 is 1.36 bits per heavy atom. The van der Waals surface area contributed by atoms with E-state index in [9.17, 15) is 0 Å². The Bertz CT molecular complexity index is 179. The van der Waals surface area contributed by atoms with Crippen molar-refractivity contribution in [2.75, 3.05) is 19.6 Å². The van der Waals surface area contributed by atoms with Gasteiger partial charge in [0.15, 0.2) is 0 Å². The number of hydrogen-bond donors (Lipinski definition) is 1. The fourth-order valence-corrected chi connectivity index (χ4v) is 2.91. The second-order valence-electron chi connectivity index (χ2n) is 5.38. The molecule has 2 saturated heterocycles. The van der Waals surface area contributed by atoms with E-state index in [0.29, 0.717) is 0 Å².